The minimum Gasteiger partial charge on any atom is -0.351 e. The average Bonchev–Trinajstić information content (AvgIpc) is 2.88. The highest BCUT2D eigenvalue weighted by Crippen LogP contribution is 2.27. The van der Waals surface area contributed by atoms with E-state index in [1.807, 2.05) is 24.7 Å². The highest BCUT2D eigenvalue weighted by molar-refractivity contribution is 7.20. The van der Waals surface area contributed by atoms with Gasteiger partial charge in [0.05, 0.1) is 10.6 Å². The van der Waals surface area contributed by atoms with E-state index < -0.39 is 0 Å². The van der Waals surface area contributed by atoms with Crippen molar-refractivity contribution in [2.45, 2.75) is 19.8 Å². The normalized spacial score (nSPS) is 10.5. The zero-order valence-electron chi connectivity index (χ0n) is 11.1. The van der Waals surface area contributed by atoms with Crippen LogP contribution in [0.15, 0.2) is 6.07 Å². The number of carbonyl (C=O) groups excluding carboxylic acids is 1. The van der Waals surface area contributed by atoms with E-state index in [2.05, 4.69) is 10.4 Å². The Hall–Kier alpha value is -1.11. The lowest BCUT2D eigenvalue weighted by molar-refractivity contribution is 0.0957. The third-order valence-electron chi connectivity index (χ3n) is 2.84. The van der Waals surface area contributed by atoms with E-state index in [9.17, 15) is 4.79 Å². The van der Waals surface area contributed by atoms with Gasteiger partial charge in [-0.2, -0.15) is 5.10 Å². The maximum absolute atomic E-state index is 11.9. The third kappa shape index (κ3) is 3.46. The van der Waals surface area contributed by atoms with Crippen LogP contribution in [0.5, 0.6) is 0 Å². The second-order valence-electron chi connectivity index (χ2n) is 4.29. The number of unbranched alkanes of at least 4 members (excludes halogenated alkanes) is 1. The van der Waals surface area contributed by atoms with Crippen molar-refractivity contribution in [3.63, 3.8) is 0 Å². The molecule has 2 heterocycles. The molecule has 0 aliphatic carbocycles. The third-order valence-corrected chi connectivity index (χ3v) is 4.04. The van der Waals surface area contributed by atoms with Gasteiger partial charge in [0.15, 0.2) is 0 Å². The zero-order valence-corrected chi connectivity index (χ0v) is 12.7. The molecule has 0 fully saturated rings. The molecule has 0 radical (unpaired) electrons. The van der Waals surface area contributed by atoms with Gasteiger partial charge in [0.2, 0.25) is 0 Å². The van der Waals surface area contributed by atoms with Crippen LogP contribution in [-0.4, -0.2) is 28.8 Å². The van der Waals surface area contributed by atoms with Gasteiger partial charge in [-0.1, -0.05) is 0 Å². The first kappa shape index (κ1) is 15.9. The van der Waals surface area contributed by atoms with Crippen LogP contribution in [0.3, 0.4) is 0 Å². The summed E-state index contributed by atoms with van der Waals surface area (Å²) < 4.78 is 1.82. The van der Waals surface area contributed by atoms with Crippen molar-refractivity contribution in [2.75, 3.05) is 13.1 Å². The van der Waals surface area contributed by atoms with Crippen molar-refractivity contribution < 1.29 is 4.79 Å². The maximum atomic E-state index is 11.9. The van der Waals surface area contributed by atoms with Crippen LogP contribution in [0.4, 0.5) is 0 Å². The molecule has 0 aliphatic heterocycles. The maximum Gasteiger partial charge on any atom is 0.261 e. The summed E-state index contributed by atoms with van der Waals surface area (Å²) >= 11 is 1.48. The van der Waals surface area contributed by atoms with E-state index in [4.69, 9.17) is 5.73 Å². The number of aryl methyl sites for hydroxylation is 2. The standard InChI is InChI=1S/C12H18N4OS.ClH/c1-8-9-7-10(18-12(9)16(2)15-8)11(17)14-6-4-3-5-13;/h7H,3-6,13H2,1-2H3,(H,14,17);1H. The predicted molar refractivity (Wildman–Crippen MR) is 81.2 cm³/mol. The molecule has 2 aromatic heterocycles. The number of nitrogens with one attached hydrogen (secondary N) is 1. The lowest BCUT2D eigenvalue weighted by atomic mass is 10.3. The Morgan fingerprint density at radius 2 is 2.26 bits per heavy atom. The fourth-order valence-corrected chi connectivity index (χ4v) is 2.92. The molecule has 2 rings (SSSR count). The van der Waals surface area contributed by atoms with E-state index in [0.29, 0.717) is 13.1 Å². The number of hydrogen-bond acceptors (Lipinski definition) is 4. The Kier molecular flexibility index (Phi) is 5.78. The molecule has 106 valence electrons. The molecule has 0 atom stereocenters. The van der Waals surface area contributed by atoms with Gasteiger partial charge < -0.3 is 11.1 Å². The molecule has 0 aromatic carbocycles. The van der Waals surface area contributed by atoms with Crippen LogP contribution in [0.2, 0.25) is 0 Å². The predicted octanol–water partition coefficient (Wildman–Crippen LogP) is 1.83. The summed E-state index contributed by atoms with van der Waals surface area (Å²) in [6, 6.07) is 1.92. The van der Waals surface area contributed by atoms with E-state index in [0.717, 1.165) is 33.6 Å². The van der Waals surface area contributed by atoms with Crippen LogP contribution in [0.25, 0.3) is 10.2 Å². The molecular weight excluding hydrogens is 284 g/mol. The van der Waals surface area contributed by atoms with Crippen LogP contribution in [0.1, 0.15) is 28.2 Å². The van der Waals surface area contributed by atoms with Gasteiger partial charge in [0, 0.05) is 19.0 Å². The fraction of sp³-hybridized carbons (Fsp3) is 0.500. The molecule has 7 heteroatoms. The molecule has 19 heavy (non-hydrogen) atoms. The van der Waals surface area contributed by atoms with Gasteiger partial charge in [0.25, 0.3) is 5.91 Å². The van der Waals surface area contributed by atoms with E-state index >= 15 is 0 Å². The molecule has 1 amide bonds. The topological polar surface area (TPSA) is 72.9 Å². The Morgan fingerprint density at radius 3 is 2.89 bits per heavy atom. The lowest BCUT2D eigenvalue weighted by Gasteiger charge is -2.01. The summed E-state index contributed by atoms with van der Waals surface area (Å²) in [7, 11) is 1.90. The Morgan fingerprint density at radius 1 is 1.53 bits per heavy atom. The lowest BCUT2D eigenvalue weighted by Crippen LogP contribution is -2.23. The molecule has 0 saturated carbocycles. The molecule has 0 spiro atoms. The first-order valence-electron chi connectivity index (χ1n) is 6.05. The van der Waals surface area contributed by atoms with Crippen molar-refractivity contribution in [3.8, 4) is 0 Å². The van der Waals surface area contributed by atoms with E-state index in [1.165, 1.54) is 11.3 Å². The molecule has 0 bridgehead atoms. The van der Waals surface area contributed by atoms with Crippen LogP contribution >= 0.6 is 23.7 Å². The van der Waals surface area contributed by atoms with Gasteiger partial charge >= 0.3 is 0 Å². The van der Waals surface area contributed by atoms with Crippen molar-refractivity contribution in [2.24, 2.45) is 12.8 Å². The number of nitrogens with two attached hydrogens (primary N) is 1. The van der Waals surface area contributed by atoms with E-state index in [1.54, 1.807) is 0 Å². The first-order valence-corrected chi connectivity index (χ1v) is 6.86. The smallest absolute Gasteiger partial charge is 0.261 e. The Bertz CT molecular complexity index is 529. The van der Waals surface area contributed by atoms with E-state index in [-0.39, 0.29) is 18.3 Å². The van der Waals surface area contributed by atoms with Crippen molar-refractivity contribution in [1.82, 2.24) is 15.1 Å². The Balaban J connectivity index is 0.00000180. The molecule has 0 saturated heterocycles. The minimum absolute atomic E-state index is 0. The van der Waals surface area contributed by atoms with Gasteiger partial charge in [-0.05, 0) is 32.4 Å². The number of rotatable bonds is 5. The van der Waals surface area contributed by atoms with Crippen LogP contribution in [-0.2, 0) is 7.05 Å². The quantitative estimate of drug-likeness (QED) is 0.828. The summed E-state index contributed by atoms with van der Waals surface area (Å²) in [5.41, 5.74) is 6.37. The number of amides is 1. The van der Waals surface area contributed by atoms with Crippen LogP contribution < -0.4 is 11.1 Å². The second-order valence-corrected chi connectivity index (χ2v) is 5.32. The number of nitrogens with zero attached hydrogens (tertiary/aromatic N) is 2. The van der Waals surface area contributed by atoms with Gasteiger partial charge in [-0.15, -0.1) is 23.7 Å². The summed E-state index contributed by atoms with van der Waals surface area (Å²) in [4.78, 5) is 13.7. The van der Waals surface area contributed by atoms with Crippen LogP contribution in [0, 0.1) is 6.92 Å². The van der Waals surface area contributed by atoms with Gasteiger partial charge in [-0.3, -0.25) is 9.48 Å². The highest BCUT2D eigenvalue weighted by Gasteiger charge is 2.14. The molecular formula is C12H19ClN4OS. The summed E-state index contributed by atoms with van der Waals surface area (Å²) in [5.74, 6) is -0.00683. The number of halogens is 1. The minimum atomic E-state index is -0.00683. The monoisotopic (exact) mass is 302 g/mol. The number of carbonyl (C=O) groups is 1. The van der Waals surface area contributed by atoms with Gasteiger partial charge in [-0.25, -0.2) is 0 Å². The zero-order chi connectivity index (χ0) is 13.1. The average molecular weight is 303 g/mol. The summed E-state index contributed by atoms with van der Waals surface area (Å²) in [6.07, 6.45) is 1.86. The molecule has 2 aromatic rings. The summed E-state index contributed by atoms with van der Waals surface area (Å²) in [6.45, 7) is 3.31. The second kappa shape index (κ2) is 6.88. The molecule has 5 nitrogen and oxygen atoms in total. The van der Waals surface area contributed by atoms with Crippen molar-refractivity contribution in [1.29, 1.82) is 0 Å². The highest BCUT2D eigenvalue weighted by atomic mass is 35.5. The number of fused-ring (bicyclic) bond motifs is 1. The first-order chi connectivity index (χ1) is 8.63. The number of hydrogen-bond donors (Lipinski definition) is 2. The van der Waals surface area contributed by atoms with Crippen molar-refractivity contribution >= 4 is 39.9 Å². The van der Waals surface area contributed by atoms with Gasteiger partial charge in [0.1, 0.15) is 4.83 Å². The number of thiophene rings is 1. The van der Waals surface area contributed by atoms with Crippen molar-refractivity contribution in [3.05, 3.63) is 16.6 Å². The summed E-state index contributed by atoms with van der Waals surface area (Å²) in [5, 5.41) is 8.29. The largest absolute Gasteiger partial charge is 0.351 e. The molecule has 0 aliphatic rings. The molecule has 0 unspecified atom stereocenters. The Labute approximate surface area is 122 Å². The SMILES string of the molecule is Cc1nn(C)c2sc(C(=O)NCCCCN)cc12.Cl. The molecule has 3 N–H and O–H groups in total. The fourth-order valence-electron chi connectivity index (χ4n) is 1.88. The number of aromatic nitrogens is 2.